The Labute approximate surface area is 223 Å². The second kappa shape index (κ2) is 11.1. The first-order valence-electron chi connectivity index (χ1n) is 13.4. The van der Waals surface area contributed by atoms with Gasteiger partial charge in [0.2, 0.25) is 0 Å². The van der Waals surface area contributed by atoms with Gasteiger partial charge >= 0.3 is 12.1 Å². The fourth-order valence-corrected chi connectivity index (χ4v) is 5.81. The summed E-state index contributed by atoms with van der Waals surface area (Å²) in [6, 6.07) is 23.2. The van der Waals surface area contributed by atoms with Gasteiger partial charge in [0.05, 0.1) is 17.3 Å². The number of hydrogen-bond donors (Lipinski definition) is 2. The van der Waals surface area contributed by atoms with E-state index in [-0.39, 0.29) is 18.2 Å². The number of aromatic nitrogens is 1. The molecule has 4 aromatic rings. The van der Waals surface area contributed by atoms with E-state index < -0.39 is 12.1 Å². The number of nitrogens with zero attached hydrogens (tertiary/aromatic N) is 1. The Balaban J connectivity index is 1.58. The van der Waals surface area contributed by atoms with Gasteiger partial charge < -0.3 is 19.7 Å². The summed E-state index contributed by atoms with van der Waals surface area (Å²) in [6.45, 7) is 5.15. The van der Waals surface area contributed by atoms with E-state index >= 15 is 0 Å². The number of amides is 1. The minimum atomic E-state index is -0.946. The van der Waals surface area contributed by atoms with Crippen LogP contribution in [-0.2, 0) is 24.3 Å². The summed E-state index contributed by atoms with van der Waals surface area (Å²) >= 11 is 0. The molecule has 5 rings (SSSR count). The Morgan fingerprint density at radius 3 is 2.55 bits per heavy atom. The van der Waals surface area contributed by atoms with Crippen LogP contribution < -0.4 is 5.32 Å². The zero-order valence-corrected chi connectivity index (χ0v) is 21.9. The van der Waals surface area contributed by atoms with E-state index in [9.17, 15) is 14.7 Å². The molecular formula is C32H34N2O4. The van der Waals surface area contributed by atoms with Crippen molar-refractivity contribution in [2.45, 2.75) is 64.6 Å². The van der Waals surface area contributed by atoms with Crippen molar-refractivity contribution < 1.29 is 19.4 Å². The molecule has 0 spiro atoms. The van der Waals surface area contributed by atoms with Crippen LogP contribution in [0, 0.1) is 0 Å². The highest BCUT2D eigenvalue weighted by Crippen LogP contribution is 2.44. The molecule has 1 aliphatic heterocycles. The minimum Gasteiger partial charge on any atom is -0.478 e. The summed E-state index contributed by atoms with van der Waals surface area (Å²) in [4.78, 5) is 24.7. The lowest BCUT2D eigenvalue weighted by Gasteiger charge is -2.19. The van der Waals surface area contributed by atoms with Gasteiger partial charge in [0.15, 0.2) is 0 Å². The fraction of sp³-hybridized carbons (Fsp3) is 0.312. The van der Waals surface area contributed by atoms with Gasteiger partial charge in [-0.05, 0) is 54.0 Å². The van der Waals surface area contributed by atoms with E-state index in [2.05, 4.69) is 41.9 Å². The summed E-state index contributed by atoms with van der Waals surface area (Å²) < 4.78 is 7.77. The molecule has 6 nitrogen and oxygen atoms in total. The van der Waals surface area contributed by atoms with E-state index in [1.54, 1.807) is 12.1 Å². The predicted molar refractivity (Wildman–Crippen MR) is 150 cm³/mol. The molecule has 2 atom stereocenters. The fourth-order valence-electron chi connectivity index (χ4n) is 5.81. The summed E-state index contributed by atoms with van der Waals surface area (Å²) in [7, 11) is 0. The zero-order valence-electron chi connectivity index (χ0n) is 21.9. The SMILES string of the molecule is CCCC(CC)c1c2n(c3cc(C(=O)O)ccc13)CC(NC(=O)OCc1ccccc1)Cc1ccccc1-2. The van der Waals surface area contributed by atoms with Gasteiger partial charge in [0.25, 0.3) is 0 Å². The number of nitrogens with one attached hydrogen (secondary N) is 1. The number of hydrogen-bond acceptors (Lipinski definition) is 3. The Morgan fingerprint density at radius 2 is 1.82 bits per heavy atom. The maximum Gasteiger partial charge on any atom is 0.407 e. The van der Waals surface area contributed by atoms with E-state index in [1.807, 2.05) is 42.5 Å². The third-order valence-electron chi connectivity index (χ3n) is 7.57. The molecule has 6 heteroatoms. The zero-order chi connectivity index (χ0) is 26.6. The number of rotatable bonds is 8. The van der Waals surface area contributed by atoms with Crippen molar-refractivity contribution >= 4 is 23.0 Å². The molecule has 0 radical (unpaired) electrons. The number of carboxylic acids is 1. The molecule has 2 unspecified atom stereocenters. The largest absolute Gasteiger partial charge is 0.478 e. The molecule has 1 aromatic heterocycles. The van der Waals surface area contributed by atoms with Crippen molar-refractivity contribution in [3.05, 3.63) is 95.1 Å². The van der Waals surface area contributed by atoms with Crippen LogP contribution in [0.1, 0.15) is 66.1 Å². The number of carbonyl (C=O) groups is 2. The molecule has 1 amide bonds. The Bertz CT molecular complexity index is 1460. The molecule has 196 valence electrons. The highest BCUT2D eigenvalue weighted by Gasteiger charge is 2.30. The Morgan fingerprint density at radius 1 is 1.05 bits per heavy atom. The standard InChI is InChI=1S/C32H34N2O4/c1-3-10-22(4-2)29-27-16-15-24(31(35)36)18-28(27)34-19-25(17-23-13-8-9-14-26(23)30(29)34)33-32(37)38-20-21-11-6-5-7-12-21/h5-9,11-16,18,22,25H,3-4,10,17,19-20H2,1-2H3,(H,33,37)(H,35,36). The maximum atomic E-state index is 12.9. The molecular weight excluding hydrogens is 476 g/mol. The van der Waals surface area contributed by atoms with Gasteiger partial charge in [0.1, 0.15) is 6.61 Å². The summed E-state index contributed by atoms with van der Waals surface area (Å²) in [5, 5.41) is 13.9. The van der Waals surface area contributed by atoms with Gasteiger partial charge in [-0.3, -0.25) is 0 Å². The number of alkyl carbamates (subject to hydrolysis) is 1. The summed E-state index contributed by atoms with van der Waals surface area (Å²) in [5.41, 5.74) is 6.81. The third kappa shape index (κ3) is 5.03. The van der Waals surface area contributed by atoms with Crippen molar-refractivity contribution in [2.24, 2.45) is 0 Å². The topological polar surface area (TPSA) is 80.6 Å². The number of carbonyl (C=O) groups excluding carboxylic acids is 1. The lowest BCUT2D eigenvalue weighted by atomic mass is 9.86. The molecule has 0 fully saturated rings. The van der Waals surface area contributed by atoms with Gasteiger partial charge in [-0.2, -0.15) is 0 Å². The van der Waals surface area contributed by atoms with Gasteiger partial charge in [-0.25, -0.2) is 9.59 Å². The monoisotopic (exact) mass is 510 g/mol. The predicted octanol–water partition coefficient (Wildman–Crippen LogP) is 7.15. The molecule has 2 heterocycles. The second-order valence-corrected chi connectivity index (χ2v) is 10.1. The average Bonchev–Trinajstić information content (AvgIpc) is 3.14. The molecule has 3 aromatic carbocycles. The number of ether oxygens (including phenoxy) is 1. The first-order chi connectivity index (χ1) is 18.5. The van der Waals surface area contributed by atoms with Gasteiger partial charge in [-0.15, -0.1) is 0 Å². The van der Waals surface area contributed by atoms with E-state index in [1.165, 1.54) is 5.56 Å². The van der Waals surface area contributed by atoms with Crippen LogP contribution in [0.3, 0.4) is 0 Å². The van der Waals surface area contributed by atoms with Crippen molar-refractivity contribution in [1.82, 2.24) is 9.88 Å². The molecule has 38 heavy (non-hydrogen) atoms. The van der Waals surface area contributed by atoms with Crippen LogP contribution in [0.25, 0.3) is 22.2 Å². The smallest absolute Gasteiger partial charge is 0.407 e. The maximum absolute atomic E-state index is 12.9. The molecule has 0 aliphatic carbocycles. The lowest BCUT2D eigenvalue weighted by molar-refractivity contribution is 0.0697. The van der Waals surface area contributed by atoms with Gasteiger partial charge in [-0.1, -0.05) is 80.9 Å². The van der Waals surface area contributed by atoms with Gasteiger partial charge in [0, 0.05) is 23.0 Å². The Kier molecular flexibility index (Phi) is 7.50. The molecule has 0 bridgehead atoms. The van der Waals surface area contributed by atoms with Crippen molar-refractivity contribution in [3.63, 3.8) is 0 Å². The minimum absolute atomic E-state index is 0.203. The highest BCUT2D eigenvalue weighted by atomic mass is 16.5. The van der Waals surface area contributed by atoms with Crippen LogP contribution in [0.4, 0.5) is 4.79 Å². The number of aromatic carboxylic acids is 1. The van der Waals surface area contributed by atoms with Crippen LogP contribution in [-0.4, -0.2) is 27.8 Å². The van der Waals surface area contributed by atoms with E-state index in [0.717, 1.165) is 52.5 Å². The quantitative estimate of drug-likeness (QED) is 0.264. The van der Waals surface area contributed by atoms with Crippen LogP contribution >= 0.6 is 0 Å². The Hall–Kier alpha value is -4.06. The van der Waals surface area contributed by atoms with Crippen LogP contribution in [0.5, 0.6) is 0 Å². The highest BCUT2D eigenvalue weighted by molar-refractivity contribution is 5.98. The van der Waals surface area contributed by atoms with E-state index in [4.69, 9.17) is 4.74 Å². The summed E-state index contributed by atoms with van der Waals surface area (Å²) in [6.07, 6.45) is 3.31. The third-order valence-corrected chi connectivity index (χ3v) is 7.57. The number of benzene rings is 3. The average molecular weight is 511 g/mol. The summed E-state index contributed by atoms with van der Waals surface area (Å²) in [5.74, 6) is -0.597. The van der Waals surface area contributed by atoms with Crippen molar-refractivity contribution in [1.29, 1.82) is 0 Å². The van der Waals surface area contributed by atoms with Crippen LogP contribution in [0.2, 0.25) is 0 Å². The lowest BCUT2D eigenvalue weighted by Crippen LogP contribution is -2.39. The van der Waals surface area contributed by atoms with Crippen molar-refractivity contribution in [2.75, 3.05) is 0 Å². The number of fused-ring (bicyclic) bond motifs is 5. The van der Waals surface area contributed by atoms with Crippen LogP contribution in [0.15, 0.2) is 72.8 Å². The second-order valence-electron chi connectivity index (χ2n) is 10.1. The first kappa shape index (κ1) is 25.6. The molecule has 0 saturated heterocycles. The first-order valence-corrected chi connectivity index (χ1v) is 13.4. The van der Waals surface area contributed by atoms with E-state index in [0.29, 0.717) is 18.9 Å². The normalized spacial score (nSPS) is 15.3. The number of carboxylic acid groups (broad SMARTS) is 1. The molecule has 2 N–H and O–H groups in total. The van der Waals surface area contributed by atoms with Crippen molar-refractivity contribution in [3.8, 4) is 11.3 Å². The molecule has 0 saturated carbocycles. The molecule has 1 aliphatic rings.